The highest BCUT2D eigenvalue weighted by Gasteiger charge is 2.24. The molecule has 0 aliphatic heterocycles. The molecule has 0 aromatic heterocycles. The van der Waals surface area contributed by atoms with Crippen molar-refractivity contribution in [1.82, 2.24) is 4.90 Å². The number of likely N-dealkylation sites (N-methyl/N-ethyl adjacent to an activating group) is 1. The van der Waals surface area contributed by atoms with Crippen LogP contribution in [0, 0.1) is 5.82 Å². The lowest BCUT2D eigenvalue weighted by molar-refractivity contribution is -0.146. The van der Waals surface area contributed by atoms with Gasteiger partial charge >= 0.3 is 5.97 Å². The van der Waals surface area contributed by atoms with Crippen LogP contribution in [0.3, 0.4) is 0 Å². The van der Waals surface area contributed by atoms with E-state index >= 15 is 0 Å². The van der Waals surface area contributed by atoms with Gasteiger partial charge < -0.3 is 4.74 Å². The molecule has 17 heavy (non-hydrogen) atoms. The van der Waals surface area contributed by atoms with Gasteiger partial charge in [-0.1, -0.05) is 18.2 Å². The normalized spacial score (nSPS) is 14.5. The van der Waals surface area contributed by atoms with E-state index in [9.17, 15) is 9.18 Å². The van der Waals surface area contributed by atoms with Crippen LogP contribution in [0.15, 0.2) is 24.3 Å². The quantitative estimate of drug-likeness (QED) is 0.755. The molecular weight excluding hydrogens is 221 g/mol. The van der Waals surface area contributed by atoms with Gasteiger partial charge in [0.25, 0.3) is 0 Å². The van der Waals surface area contributed by atoms with Crippen LogP contribution < -0.4 is 0 Å². The summed E-state index contributed by atoms with van der Waals surface area (Å²) in [6, 6.07) is 5.98. The van der Waals surface area contributed by atoms with Crippen LogP contribution in [0.4, 0.5) is 4.39 Å². The Labute approximate surface area is 101 Å². The summed E-state index contributed by atoms with van der Waals surface area (Å²) in [5.74, 6) is -0.584. The highest BCUT2D eigenvalue weighted by atomic mass is 19.1. The lowest BCUT2D eigenvalue weighted by Gasteiger charge is -2.29. The lowest BCUT2D eigenvalue weighted by Crippen LogP contribution is -2.38. The molecule has 1 rings (SSSR count). The van der Waals surface area contributed by atoms with Crippen molar-refractivity contribution in [2.24, 2.45) is 0 Å². The van der Waals surface area contributed by atoms with Gasteiger partial charge in [-0.3, -0.25) is 9.69 Å². The van der Waals surface area contributed by atoms with Gasteiger partial charge in [0.2, 0.25) is 0 Å². The van der Waals surface area contributed by atoms with Crippen molar-refractivity contribution in [1.29, 1.82) is 0 Å². The summed E-state index contributed by atoms with van der Waals surface area (Å²) in [5, 5.41) is 0. The Kier molecular flexibility index (Phi) is 4.63. The van der Waals surface area contributed by atoms with E-state index < -0.39 is 6.04 Å². The topological polar surface area (TPSA) is 29.5 Å². The van der Waals surface area contributed by atoms with E-state index in [0.717, 1.165) is 0 Å². The Morgan fingerprint density at radius 2 is 1.94 bits per heavy atom. The van der Waals surface area contributed by atoms with Crippen LogP contribution in [-0.4, -0.2) is 31.1 Å². The van der Waals surface area contributed by atoms with Gasteiger partial charge in [-0.15, -0.1) is 0 Å². The Morgan fingerprint density at radius 1 is 1.35 bits per heavy atom. The van der Waals surface area contributed by atoms with Gasteiger partial charge in [0.05, 0.1) is 7.11 Å². The number of nitrogens with zero attached hydrogens (tertiary/aromatic N) is 1. The van der Waals surface area contributed by atoms with Crippen LogP contribution >= 0.6 is 0 Å². The summed E-state index contributed by atoms with van der Waals surface area (Å²) in [6.07, 6.45) is 0. The maximum absolute atomic E-state index is 13.6. The van der Waals surface area contributed by atoms with E-state index in [1.54, 1.807) is 37.1 Å². The number of esters is 1. The summed E-state index contributed by atoms with van der Waals surface area (Å²) < 4.78 is 18.3. The Morgan fingerprint density at radius 3 is 2.47 bits per heavy atom. The molecule has 2 unspecified atom stereocenters. The van der Waals surface area contributed by atoms with Crippen LogP contribution in [0.25, 0.3) is 0 Å². The minimum absolute atomic E-state index is 0.190. The zero-order valence-corrected chi connectivity index (χ0v) is 10.6. The summed E-state index contributed by atoms with van der Waals surface area (Å²) in [4.78, 5) is 13.2. The molecule has 4 heteroatoms. The van der Waals surface area contributed by atoms with Crippen molar-refractivity contribution in [3.8, 4) is 0 Å². The number of carbonyl (C=O) groups excluding carboxylic acids is 1. The zero-order valence-electron chi connectivity index (χ0n) is 10.6. The van der Waals surface area contributed by atoms with Gasteiger partial charge in [-0.05, 0) is 27.0 Å². The van der Waals surface area contributed by atoms with Gasteiger partial charge in [-0.25, -0.2) is 4.39 Å². The number of hydrogen-bond acceptors (Lipinski definition) is 3. The molecule has 0 radical (unpaired) electrons. The van der Waals surface area contributed by atoms with Crippen LogP contribution in [0.1, 0.15) is 25.5 Å². The first-order valence-corrected chi connectivity index (χ1v) is 5.53. The van der Waals surface area contributed by atoms with Crippen molar-refractivity contribution in [2.45, 2.75) is 25.9 Å². The molecule has 1 aromatic carbocycles. The van der Waals surface area contributed by atoms with Gasteiger partial charge in [-0.2, -0.15) is 0 Å². The predicted octanol–water partition coefficient (Wildman–Crippen LogP) is 2.38. The minimum Gasteiger partial charge on any atom is -0.468 e. The molecule has 0 N–H and O–H groups in total. The minimum atomic E-state index is -0.408. The average molecular weight is 239 g/mol. The zero-order chi connectivity index (χ0) is 13.0. The SMILES string of the molecule is COC(=O)C(C)N(C)C(C)c1ccccc1F. The number of hydrogen-bond donors (Lipinski definition) is 0. The third-order valence-electron chi connectivity index (χ3n) is 3.12. The van der Waals surface area contributed by atoms with E-state index in [0.29, 0.717) is 5.56 Å². The highest BCUT2D eigenvalue weighted by Crippen LogP contribution is 2.23. The molecule has 0 fully saturated rings. The Hall–Kier alpha value is -1.42. The maximum Gasteiger partial charge on any atom is 0.322 e. The summed E-state index contributed by atoms with van der Waals surface area (Å²) >= 11 is 0. The average Bonchev–Trinajstić information content (AvgIpc) is 2.35. The van der Waals surface area contributed by atoms with Crippen molar-refractivity contribution in [2.75, 3.05) is 14.2 Å². The molecule has 2 atom stereocenters. The Bertz CT molecular complexity index is 395. The largest absolute Gasteiger partial charge is 0.468 e. The highest BCUT2D eigenvalue weighted by molar-refractivity contribution is 5.75. The first-order chi connectivity index (χ1) is 7.99. The van der Waals surface area contributed by atoms with Gasteiger partial charge in [0.15, 0.2) is 0 Å². The molecule has 0 saturated carbocycles. The molecule has 0 bridgehead atoms. The molecule has 0 aliphatic carbocycles. The maximum atomic E-state index is 13.6. The molecule has 0 heterocycles. The molecule has 0 amide bonds. The van der Waals surface area contributed by atoms with Crippen molar-refractivity contribution < 1.29 is 13.9 Å². The second-order valence-electron chi connectivity index (χ2n) is 4.06. The van der Waals surface area contributed by atoms with Crippen molar-refractivity contribution in [3.63, 3.8) is 0 Å². The number of ether oxygens (including phenoxy) is 1. The third-order valence-corrected chi connectivity index (χ3v) is 3.12. The standard InChI is InChI=1S/C13H18FNO2/c1-9(11-7-5-6-8-12(11)14)15(3)10(2)13(16)17-4/h5-10H,1-4H3. The van der Waals surface area contributed by atoms with Gasteiger partial charge in [0.1, 0.15) is 11.9 Å². The van der Waals surface area contributed by atoms with E-state index in [4.69, 9.17) is 0 Å². The number of carbonyl (C=O) groups is 1. The fraction of sp³-hybridized carbons (Fsp3) is 0.462. The first-order valence-electron chi connectivity index (χ1n) is 5.53. The predicted molar refractivity (Wildman–Crippen MR) is 64.1 cm³/mol. The molecule has 0 aliphatic rings. The monoisotopic (exact) mass is 239 g/mol. The number of halogens is 1. The molecule has 0 spiro atoms. The number of benzene rings is 1. The van der Waals surface area contributed by atoms with Crippen molar-refractivity contribution in [3.05, 3.63) is 35.6 Å². The fourth-order valence-corrected chi connectivity index (χ4v) is 1.71. The molecule has 94 valence electrons. The van der Waals surface area contributed by atoms with Crippen LogP contribution in [-0.2, 0) is 9.53 Å². The number of rotatable bonds is 4. The second kappa shape index (κ2) is 5.77. The molecule has 3 nitrogen and oxygen atoms in total. The summed E-state index contributed by atoms with van der Waals surface area (Å²) in [6.45, 7) is 3.60. The molecular formula is C13H18FNO2. The van der Waals surface area contributed by atoms with E-state index in [2.05, 4.69) is 4.74 Å². The fourth-order valence-electron chi connectivity index (χ4n) is 1.71. The number of methoxy groups -OCH3 is 1. The second-order valence-corrected chi connectivity index (χ2v) is 4.06. The lowest BCUT2D eigenvalue weighted by atomic mass is 10.1. The van der Waals surface area contributed by atoms with Crippen molar-refractivity contribution >= 4 is 5.97 Å². The van der Waals surface area contributed by atoms with Gasteiger partial charge in [0, 0.05) is 11.6 Å². The first kappa shape index (κ1) is 13.6. The third kappa shape index (κ3) is 3.03. The van der Waals surface area contributed by atoms with Crippen LogP contribution in [0.2, 0.25) is 0 Å². The summed E-state index contributed by atoms with van der Waals surface area (Å²) in [7, 11) is 3.12. The van der Waals surface area contributed by atoms with Crippen LogP contribution in [0.5, 0.6) is 0 Å². The summed E-state index contributed by atoms with van der Waals surface area (Å²) in [5.41, 5.74) is 0.575. The van der Waals surface area contributed by atoms with E-state index in [-0.39, 0.29) is 17.8 Å². The Balaban J connectivity index is 2.87. The molecule has 1 aromatic rings. The van der Waals surface area contributed by atoms with E-state index in [1.165, 1.54) is 13.2 Å². The van der Waals surface area contributed by atoms with E-state index in [1.807, 2.05) is 6.92 Å². The smallest absolute Gasteiger partial charge is 0.322 e. The molecule has 0 saturated heterocycles.